The molecule has 1 aliphatic rings. The van der Waals surface area contributed by atoms with Crippen molar-refractivity contribution in [2.24, 2.45) is 0 Å². The minimum absolute atomic E-state index is 0.271. The molecule has 28 heavy (non-hydrogen) atoms. The largest absolute Gasteiger partial charge is 0.433 e. The first kappa shape index (κ1) is 16.8. The van der Waals surface area contributed by atoms with Crippen LogP contribution in [-0.2, 0) is 0 Å². The lowest BCUT2D eigenvalue weighted by molar-refractivity contribution is -0.402. The van der Waals surface area contributed by atoms with Gasteiger partial charge in [-0.05, 0) is 36.5 Å². The zero-order valence-corrected chi connectivity index (χ0v) is 15.4. The van der Waals surface area contributed by atoms with Crippen molar-refractivity contribution in [2.45, 2.75) is 24.0 Å². The minimum Gasteiger partial charge on any atom is -0.401 e. The zero-order chi connectivity index (χ0) is 19.1. The predicted molar refractivity (Wildman–Crippen MR) is 106 cm³/mol. The summed E-state index contributed by atoms with van der Waals surface area (Å²) >= 11 is 1.42. The van der Waals surface area contributed by atoms with Gasteiger partial charge in [0.25, 0.3) is 0 Å². The predicted octanol–water partition coefficient (Wildman–Crippen LogP) is 5.03. The molecule has 0 amide bonds. The summed E-state index contributed by atoms with van der Waals surface area (Å²) in [6, 6.07) is 11.4. The average molecular weight is 393 g/mol. The van der Waals surface area contributed by atoms with Crippen LogP contribution in [-0.4, -0.2) is 24.7 Å². The van der Waals surface area contributed by atoms with Crippen LogP contribution < -0.4 is 0 Å². The molecule has 0 bridgehead atoms. The molecule has 1 fully saturated rings. The molecule has 4 aromatic rings. The molecular formula is C19H15N5O3S. The summed E-state index contributed by atoms with van der Waals surface area (Å²) in [6.07, 6.45) is 5.87. The first-order valence-corrected chi connectivity index (χ1v) is 9.67. The molecule has 1 N–H and O–H groups in total. The lowest BCUT2D eigenvalue weighted by atomic mass is 10.1. The highest BCUT2D eigenvalue weighted by Gasteiger charge is 2.30. The molecule has 3 aromatic heterocycles. The smallest absolute Gasteiger partial charge is 0.401 e. The topological polar surface area (TPSA) is 103 Å². The van der Waals surface area contributed by atoms with Gasteiger partial charge < -0.3 is 9.40 Å². The van der Waals surface area contributed by atoms with Gasteiger partial charge in [-0.3, -0.25) is 14.7 Å². The Hall–Kier alpha value is -3.33. The number of aromatic amines is 1. The Balaban J connectivity index is 1.44. The van der Waals surface area contributed by atoms with Crippen LogP contribution >= 0.6 is 11.8 Å². The van der Waals surface area contributed by atoms with Crippen molar-refractivity contribution in [3.63, 3.8) is 0 Å². The molecule has 1 saturated carbocycles. The second kappa shape index (κ2) is 6.68. The van der Waals surface area contributed by atoms with Gasteiger partial charge in [-0.2, -0.15) is 0 Å². The highest BCUT2D eigenvalue weighted by atomic mass is 32.2. The van der Waals surface area contributed by atoms with Gasteiger partial charge in [-0.15, -0.1) is 10.2 Å². The molecule has 5 rings (SSSR count). The molecule has 0 unspecified atom stereocenters. The number of H-pyrrole nitrogens is 1. The van der Waals surface area contributed by atoms with Gasteiger partial charge in [0.2, 0.25) is 0 Å². The highest BCUT2D eigenvalue weighted by Crippen LogP contribution is 2.42. The van der Waals surface area contributed by atoms with Gasteiger partial charge >= 0.3 is 5.88 Å². The van der Waals surface area contributed by atoms with Crippen LogP contribution in [0.25, 0.3) is 28.4 Å². The zero-order valence-electron chi connectivity index (χ0n) is 14.6. The quantitative estimate of drug-likeness (QED) is 0.280. The summed E-state index contributed by atoms with van der Waals surface area (Å²) in [6.45, 7) is 0. The second-order valence-corrected chi connectivity index (χ2v) is 7.38. The molecule has 0 atom stereocenters. The SMILES string of the molecule is O=[N+]([O-])c1ccc(/C=C/Sc2nnc(-c3c[nH]c4ccccc34)n2C2CC2)o1. The van der Waals surface area contributed by atoms with Crippen molar-refractivity contribution in [3.8, 4) is 11.4 Å². The summed E-state index contributed by atoms with van der Waals surface area (Å²) in [5.41, 5.74) is 2.10. The van der Waals surface area contributed by atoms with E-state index in [-0.39, 0.29) is 5.88 Å². The van der Waals surface area contributed by atoms with E-state index in [1.54, 1.807) is 12.1 Å². The van der Waals surface area contributed by atoms with Crippen LogP contribution in [0, 0.1) is 10.1 Å². The van der Waals surface area contributed by atoms with Gasteiger partial charge in [-0.1, -0.05) is 30.0 Å². The van der Waals surface area contributed by atoms with Crippen LogP contribution in [0.5, 0.6) is 0 Å². The van der Waals surface area contributed by atoms with E-state index < -0.39 is 4.92 Å². The number of thioether (sulfide) groups is 1. The van der Waals surface area contributed by atoms with E-state index in [4.69, 9.17) is 4.42 Å². The number of nitro groups is 1. The van der Waals surface area contributed by atoms with Gasteiger partial charge in [0.15, 0.2) is 11.0 Å². The van der Waals surface area contributed by atoms with Crippen molar-refractivity contribution in [3.05, 3.63) is 63.9 Å². The molecule has 1 aliphatic carbocycles. The fourth-order valence-corrected chi connectivity index (χ4v) is 3.91. The Bertz CT molecular complexity index is 1200. The van der Waals surface area contributed by atoms with E-state index in [0.29, 0.717) is 11.8 Å². The fourth-order valence-electron chi connectivity index (χ4n) is 3.15. The van der Waals surface area contributed by atoms with E-state index >= 15 is 0 Å². The van der Waals surface area contributed by atoms with Crippen LogP contribution in [0.3, 0.4) is 0 Å². The molecule has 9 heteroatoms. The standard InChI is InChI=1S/C19H15N5O3S/c25-24(26)17-8-7-13(27-17)9-10-28-19-22-21-18(23(19)12-5-6-12)15-11-20-16-4-2-1-3-14(15)16/h1-4,7-12,20H,5-6H2/b10-9+. The van der Waals surface area contributed by atoms with Crippen molar-refractivity contribution in [2.75, 3.05) is 0 Å². The molecule has 140 valence electrons. The highest BCUT2D eigenvalue weighted by molar-refractivity contribution is 8.02. The number of para-hydroxylation sites is 1. The van der Waals surface area contributed by atoms with E-state index in [1.165, 1.54) is 17.8 Å². The van der Waals surface area contributed by atoms with E-state index in [0.717, 1.165) is 40.3 Å². The molecule has 0 saturated heterocycles. The lowest BCUT2D eigenvalue weighted by Crippen LogP contribution is -1.98. The second-order valence-electron chi connectivity index (χ2n) is 6.51. The lowest BCUT2D eigenvalue weighted by Gasteiger charge is -2.06. The van der Waals surface area contributed by atoms with Crippen LogP contribution in [0.4, 0.5) is 5.88 Å². The third-order valence-electron chi connectivity index (χ3n) is 4.61. The summed E-state index contributed by atoms with van der Waals surface area (Å²) in [5.74, 6) is 1.01. The fraction of sp³-hybridized carbons (Fsp3) is 0.158. The summed E-state index contributed by atoms with van der Waals surface area (Å²) < 4.78 is 7.31. The Labute approximate surface area is 163 Å². The summed E-state index contributed by atoms with van der Waals surface area (Å²) in [4.78, 5) is 13.4. The Kier molecular flexibility index (Phi) is 4.01. The number of benzene rings is 1. The number of aromatic nitrogens is 4. The monoisotopic (exact) mass is 393 g/mol. The Morgan fingerprint density at radius 1 is 1.25 bits per heavy atom. The number of hydrogen-bond donors (Lipinski definition) is 1. The van der Waals surface area contributed by atoms with Gasteiger partial charge in [-0.25, -0.2) is 0 Å². The van der Waals surface area contributed by atoms with Crippen molar-refractivity contribution in [1.82, 2.24) is 19.7 Å². The summed E-state index contributed by atoms with van der Waals surface area (Å²) in [5, 5.41) is 23.2. The number of fused-ring (bicyclic) bond motifs is 1. The number of nitrogens with one attached hydrogen (secondary N) is 1. The van der Waals surface area contributed by atoms with Gasteiger partial charge in [0.05, 0.1) is 6.07 Å². The Morgan fingerprint density at radius 3 is 2.89 bits per heavy atom. The van der Waals surface area contributed by atoms with E-state index in [2.05, 4.69) is 25.8 Å². The molecule has 0 aliphatic heterocycles. The molecule has 8 nitrogen and oxygen atoms in total. The van der Waals surface area contributed by atoms with Gasteiger partial charge in [0.1, 0.15) is 10.7 Å². The van der Waals surface area contributed by atoms with Gasteiger partial charge in [0, 0.05) is 28.7 Å². The third-order valence-corrected chi connectivity index (χ3v) is 5.37. The summed E-state index contributed by atoms with van der Waals surface area (Å²) in [7, 11) is 0. The molecule has 3 heterocycles. The normalized spacial score (nSPS) is 14.3. The average Bonchev–Trinajstić information content (AvgIpc) is 3.10. The van der Waals surface area contributed by atoms with Crippen molar-refractivity contribution >= 4 is 34.6 Å². The minimum atomic E-state index is -0.554. The number of hydrogen-bond acceptors (Lipinski definition) is 6. The van der Waals surface area contributed by atoms with Crippen molar-refractivity contribution < 1.29 is 9.34 Å². The van der Waals surface area contributed by atoms with Crippen LogP contribution in [0.2, 0.25) is 0 Å². The third kappa shape index (κ3) is 2.99. The van der Waals surface area contributed by atoms with Crippen LogP contribution in [0.15, 0.2) is 57.6 Å². The first-order valence-electron chi connectivity index (χ1n) is 8.79. The maximum absolute atomic E-state index is 10.7. The van der Waals surface area contributed by atoms with Crippen molar-refractivity contribution in [1.29, 1.82) is 0 Å². The molecule has 0 spiro atoms. The maximum atomic E-state index is 10.7. The number of rotatable bonds is 6. The maximum Gasteiger partial charge on any atom is 0.433 e. The molecule has 0 radical (unpaired) electrons. The Morgan fingerprint density at radius 2 is 2.11 bits per heavy atom. The first-order chi connectivity index (χ1) is 13.7. The molecule has 1 aromatic carbocycles. The van der Waals surface area contributed by atoms with E-state index in [9.17, 15) is 10.1 Å². The number of nitrogens with zero attached hydrogens (tertiary/aromatic N) is 4. The van der Waals surface area contributed by atoms with E-state index in [1.807, 2.05) is 29.8 Å². The number of furan rings is 1. The van der Waals surface area contributed by atoms with Crippen LogP contribution in [0.1, 0.15) is 24.6 Å². The molecular weight excluding hydrogens is 378 g/mol.